The highest BCUT2D eigenvalue weighted by molar-refractivity contribution is 7.81. The Bertz CT molecular complexity index is 810. The Morgan fingerprint density at radius 3 is 2.68 bits per heavy atom. The topological polar surface area (TPSA) is 89.5 Å². The van der Waals surface area contributed by atoms with E-state index in [-0.39, 0.29) is 11.3 Å². The smallest absolute Gasteiger partial charge is 0.357 e. The third-order valence-electron chi connectivity index (χ3n) is 2.73. The number of aromatic nitrogens is 2. The number of carbonyl (C=O) groups excluding carboxylic acids is 1. The summed E-state index contributed by atoms with van der Waals surface area (Å²) in [6.45, 7) is 1.78. The van der Waals surface area contributed by atoms with Crippen molar-refractivity contribution in [2.24, 2.45) is 0 Å². The minimum atomic E-state index is -5.17. The van der Waals surface area contributed by atoms with Crippen LogP contribution in [0.25, 0.3) is 0 Å². The number of rotatable bonds is 4. The molecule has 0 radical (unpaired) electrons. The Balaban J connectivity index is 2.27. The Morgan fingerprint density at radius 1 is 1.32 bits per heavy atom. The number of aryl methyl sites for hydroxylation is 1. The third kappa shape index (κ3) is 3.98. The Kier molecular flexibility index (Phi) is 4.36. The predicted molar refractivity (Wildman–Crippen MR) is 76.6 cm³/mol. The summed E-state index contributed by atoms with van der Waals surface area (Å²) >= 11 is 0. The first-order valence-electron chi connectivity index (χ1n) is 6.06. The molecule has 1 amide bonds. The fraction of sp³-hybridized carbons (Fsp3) is 0.154. The zero-order chi connectivity index (χ0) is 16.3. The number of pyridine rings is 2. The van der Waals surface area contributed by atoms with Crippen molar-refractivity contribution in [2.75, 3.05) is 11.9 Å². The predicted octanol–water partition coefficient (Wildman–Crippen LogP) is 1.65. The summed E-state index contributed by atoms with van der Waals surface area (Å²) in [7, 11) is -3.63. The molecule has 2 heterocycles. The summed E-state index contributed by atoms with van der Waals surface area (Å²) in [5.41, 5.74) is 1.39. The molecule has 0 spiro atoms. The summed E-state index contributed by atoms with van der Waals surface area (Å²) in [6, 6.07) is 4.44. The van der Waals surface area contributed by atoms with Crippen LogP contribution < -0.4 is 9.08 Å². The van der Waals surface area contributed by atoms with Gasteiger partial charge < -0.3 is 9.08 Å². The molecule has 0 saturated heterocycles. The molecule has 9 heteroatoms. The van der Waals surface area contributed by atoms with Crippen LogP contribution in [0.5, 0.6) is 5.75 Å². The van der Waals surface area contributed by atoms with E-state index in [1.54, 1.807) is 25.3 Å². The Morgan fingerprint density at radius 2 is 2.05 bits per heavy atom. The maximum atomic E-state index is 12.5. The van der Waals surface area contributed by atoms with E-state index in [1.807, 2.05) is 0 Å². The number of anilines is 1. The van der Waals surface area contributed by atoms with E-state index in [4.69, 9.17) is 0 Å². The summed E-state index contributed by atoms with van der Waals surface area (Å²) < 4.78 is 37.5. The first-order valence-corrected chi connectivity index (χ1v) is 7.37. The van der Waals surface area contributed by atoms with Crippen molar-refractivity contribution in [3.63, 3.8) is 0 Å². The molecule has 2 aromatic heterocycles. The second-order valence-electron chi connectivity index (χ2n) is 4.41. The van der Waals surface area contributed by atoms with Crippen LogP contribution in [-0.2, 0) is 10.5 Å². The van der Waals surface area contributed by atoms with E-state index in [2.05, 4.69) is 14.2 Å². The van der Waals surface area contributed by atoms with Crippen LogP contribution in [0.15, 0.2) is 36.8 Å². The number of carbonyl (C=O) groups is 1. The molecule has 0 atom stereocenters. The minimum absolute atomic E-state index is 0.0538. The van der Waals surface area contributed by atoms with Crippen molar-refractivity contribution in [1.82, 2.24) is 9.97 Å². The van der Waals surface area contributed by atoms with Crippen molar-refractivity contribution in [3.8, 4) is 5.75 Å². The van der Waals surface area contributed by atoms with Gasteiger partial charge >= 0.3 is 10.5 Å². The van der Waals surface area contributed by atoms with E-state index in [9.17, 15) is 17.1 Å². The molecule has 0 unspecified atom stereocenters. The first kappa shape index (κ1) is 15.8. The highest BCUT2D eigenvalue weighted by Crippen LogP contribution is 2.19. The molecule has 2 rings (SSSR count). The van der Waals surface area contributed by atoms with Gasteiger partial charge in [0.2, 0.25) is 0 Å². The second-order valence-corrected chi connectivity index (χ2v) is 5.36. The van der Waals surface area contributed by atoms with Gasteiger partial charge in [-0.15, -0.1) is 0 Å². The van der Waals surface area contributed by atoms with Crippen molar-refractivity contribution >= 4 is 22.1 Å². The SMILES string of the molecule is Cc1cc(N(C)C(=O)c2cncc(OS(=O)(=O)F)c2)ccn1. The van der Waals surface area contributed by atoms with Gasteiger partial charge in [0.1, 0.15) is 0 Å². The van der Waals surface area contributed by atoms with Crippen molar-refractivity contribution in [2.45, 2.75) is 6.92 Å². The van der Waals surface area contributed by atoms with Crippen LogP contribution in [0.1, 0.15) is 16.1 Å². The molecule has 0 saturated carbocycles. The summed E-state index contributed by atoms with van der Waals surface area (Å²) in [5, 5.41) is 0. The molecule has 2 aromatic rings. The van der Waals surface area contributed by atoms with Gasteiger partial charge in [-0.1, -0.05) is 3.89 Å². The van der Waals surface area contributed by atoms with E-state index in [0.717, 1.165) is 18.0 Å². The monoisotopic (exact) mass is 325 g/mol. The van der Waals surface area contributed by atoms with Gasteiger partial charge in [0.15, 0.2) is 5.75 Å². The molecule has 22 heavy (non-hydrogen) atoms. The summed E-state index contributed by atoms with van der Waals surface area (Å²) in [5.74, 6) is -0.840. The molecule has 116 valence electrons. The van der Waals surface area contributed by atoms with Crippen molar-refractivity contribution < 1.29 is 21.3 Å². The number of hydrogen-bond acceptors (Lipinski definition) is 6. The largest absolute Gasteiger partial charge is 0.488 e. The van der Waals surface area contributed by atoms with Crippen LogP contribution in [0, 0.1) is 6.92 Å². The highest BCUT2D eigenvalue weighted by atomic mass is 32.3. The normalized spacial score (nSPS) is 11.0. The summed E-state index contributed by atoms with van der Waals surface area (Å²) in [6.07, 6.45) is 3.77. The molecule has 0 fully saturated rings. The van der Waals surface area contributed by atoms with Gasteiger partial charge in [-0.05, 0) is 25.1 Å². The molecular weight excluding hydrogens is 313 g/mol. The maximum Gasteiger partial charge on any atom is 0.488 e. The average molecular weight is 325 g/mol. The lowest BCUT2D eigenvalue weighted by molar-refractivity contribution is 0.0992. The quantitative estimate of drug-likeness (QED) is 0.794. The van der Waals surface area contributed by atoms with Crippen LogP contribution >= 0.6 is 0 Å². The van der Waals surface area contributed by atoms with Crippen LogP contribution in [0.3, 0.4) is 0 Å². The number of nitrogens with zero attached hydrogens (tertiary/aromatic N) is 3. The van der Waals surface area contributed by atoms with Crippen molar-refractivity contribution in [1.29, 1.82) is 0 Å². The molecule has 0 N–H and O–H groups in total. The van der Waals surface area contributed by atoms with E-state index in [0.29, 0.717) is 5.69 Å². The number of halogens is 1. The molecule has 7 nitrogen and oxygen atoms in total. The van der Waals surface area contributed by atoms with Crippen LogP contribution in [0.2, 0.25) is 0 Å². The first-order chi connectivity index (χ1) is 10.3. The van der Waals surface area contributed by atoms with Gasteiger partial charge in [-0.3, -0.25) is 14.8 Å². The van der Waals surface area contributed by atoms with Gasteiger partial charge in [-0.2, -0.15) is 8.42 Å². The molecule has 0 aliphatic carbocycles. The van der Waals surface area contributed by atoms with Gasteiger partial charge in [0.05, 0.1) is 11.8 Å². The molecule has 0 bridgehead atoms. The van der Waals surface area contributed by atoms with Crippen LogP contribution in [-0.4, -0.2) is 31.3 Å². The van der Waals surface area contributed by atoms with E-state index < -0.39 is 16.4 Å². The lowest BCUT2D eigenvalue weighted by atomic mass is 10.2. The Labute approximate surface area is 126 Å². The maximum absolute atomic E-state index is 12.5. The number of hydrogen-bond donors (Lipinski definition) is 0. The fourth-order valence-corrected chi connectivity index (χ4v) is 2.07. The Hall–Kier alpha value is -2.55. The zero-order valence-electron chi connectivity index (χ0n) is 11.7. The van der Waals surface area contributed by atoms with E-state index in [1.165, 1.54) is 18.1 Å². The molecule has 0 aromatic carbocycles. The lowest BCUT2D eigenvalue weighted by Gasteiger charge is -2.17. The van der Waals surface area contributed by atoms with Gasteiger partial charge in [0, 0.05) is 30.8 Å². The van der Waals surface area contributed by atoms with Crippen molar-refractivity contribution in [3.05, 3.63) is 48.0 Å². The number of amides is 1. The fourth-order valence-electron chi connectivity index (χ4n) is 1.75. The lowest BCUT2D eigenvalue weighted by Crippen LogP contribution is -2.26. The molecular formula is C13H12FN3O4S. The standard InChI is InChI=1S/C13H12FN3O4S/c1-9-5-11(3-4-16-9)17(2)13(18)10-6-12(8-15-7-10)21-22(14,19)20/h3-8H,1-2H3. The van der Waals surface area contributed by atoms with Gasteiger partial charge in [0.25, 0.3) is 5.91 Å². The minimum Gasteiger partial charge on any atom is -0.357 e. The highest BCUT2D eigenvalue weighted by Gasteiger charge is 2.17. The average Bonchev–Trinajstić information content (AvgIpc) is 2.44. The second kappa shape index (κ2) is 6.06. The van der Waals surface area contributed by atoms with Gasteiger partial charge in [-0.25, -0.2) is 0 Å². The zero-order valence-corrected chi connectivity index (χ0v) is 12.5. The van der Waals surface area contributed by atoms with Crippen LogP contribution in [0.4, 0.5) is 9.57 Å². The molecule has 0 aliphatic heterocycles. The van der Waals surface area contributed by atoms with E-state index >= 15 is 0 Å². The third-order valence-corrected chi connectivity index (χ3v) is 3.12. The molecule has 0 aliphatic rings. The summed E-state index contributed by atoms with van der Waals surface area (Å²) in [4.78, 5) is 21.4.